The first-order valence-electron chi connectivity index (χ1n) is 7.79. The summed E-state index contributed by atoms with van der Waals surface area (Å²) in [5, 5.41) is 0.520. The summed E-state index contributed by atoms with van der Waals surface area (Å²) in [6, 6.07) is 11.7. The van der Waals surface area contributed by atoms with Crippen molar-refractivity contribution in [2.75, 3.05) is 13.7 Å². The Hall–Kier alpha value is -2.99. The molecular formula is C19H19ClN2O4. The number of benzene rings is 2. The Kier molecular flexibility index (Phi) is 7.05. The molecule has 0 saturated carbocycles. The van der Waals surface area contributed by atoms with Crippen LogP contribution in [-0.2, 0) is 11.2 Å². The number of hydrogen-bond donors (Lipinski definition) is 2. The number of carbonyl (C=O) groups is 2. The largest absolute Gasteiger partial charge is 0.493 e. The fourth-order valence-electron chi connectivity index (χ4n) is 2.10. The lowest BCUT2D eigenvalue weighted by Gasteiger charge is -2.12. The molecule has 0 spiro atoms. The molecule has 0 aliphatic carbocycles. The average Bonchev–Trinajstić information content (AvgIpc) is 2.65. The number of ether oxygens (including phenoxy) is 2. The van der Waals surface area contributed by atoms with Crippen LogP contribution in [0.25, 0.3) is 0 Å². The van der Waals surface area contributed by atoms with Crippen molar-refractivity contribution in [3.05, 3.63) is 71.3 Å². The molecule has 6 nitrogen and oxygen atoms in total. The van der Waals surface area contributed by atoms with E-state index in [1.165, 1.54) is 7.11 Å². The Morgan fingerprint density at radius 1 is 1.12 bits per heavy atom. The normalized spacial score (nSPS) is 9.92. The summed E-state index contributed by atoms with van der Waals surface area (Å²) >= 11 is 5.76. The number of nitrogens with one attached hydrogen (secondary N) is 2. The van der Waals surface area contributed by atoms with E-state index in [1.54, 1.807) is 36.4 Å². The third kappa shape index (κ3) is 5.53. The van der Waals surface area contributed by atoms with Crippen LogP contribution in [0.15, 0.2) is 55.1 Å². The van der Waals surface area contributed by atoms with Gasteiger partial charge >= 0.3 is 0 Å². The number of allylic oxidation sites excluding steroid dienone is 1. The van der Waals surface area contributed by atoms with Crippen molar-refractivity contribution in [2.45, 2.75) is 6.42 Å². The molecule has 0 fully saturated rings. The van der Waals surface area contributed by atoms with Crippen molar-refractivity contribution in [3.63, 3.8) is 0 Å². The molecule has 2 aromatic carbocycles. The molecule has 7 heteroatoms. The number of carbonyl (C=O) groups excluding carboxylic acids is 2. The Labute approximate surface area is 156 Å². The minimum Gasteiger partial charge on any atom is -0.493 e. The van der Waals surface area contributed by atoms with E-state index >= 15 is 0 Å². The SMILES string of the molecule is C=CCc1ccc(OCC(=O)NNC(=O)c2ccc(Cl)cc2)c(OC)c1. The molecule has 0 saturated heterocycles. The molecule has 0 aromatic heterocycles. The minimum atomic E-state index is -0.510. The van der Waals surface area contributed by atoms with E-state index in [0.717, 1.165) is 5.56 Å². The van der Waals surface area contributed by atoms with Crippen molar-refractivity contribution in [1.82, 2.24) is 10.9 Å². The van der Waals surface area contributed by atoms with Crippen molar-refractivity contribution in [1.29, 1.82) is 0 Å². The minimum absolute atomic E-state index is 0.280. The van der Waals surface area contributed by atoms with Gasteiger partial charge in [-0.15, -0.1) is 6.58 Å². The standard InChI is InChI=1S/C19H19ClN2O4/c1-3-4-13-5-10-16(17(11-13)25-2)26-12-18(23)21-22-19(24)14-6-8-15(20)9-7-14/h3,5-11H,1,4,12H2,2H3,(H,21,23)(H,22,24). The van der Waals surface area contributed by atoms with Crippen LogP contribution in [0.3, 0.4) is 0 Å². The van der Waals surface area contributed by atoms with E-state index in [2.05, 4.69) is 17.4 Å². The predicted octanol–water partition coefficient (Wildman–Crippen LogP) is 2.92. The van der Waals surface area contributed by atoms with Crippen LogP contribution in [0.2, 0.25) is 5.02 Å². The van der Waals surface area contributed by atoms with Crippen molar-refractivity contribution in [2.24, 2.45) is 0 Å². The first kappa shape index (κ1) is 19.3. The molecule has 2 N–H and O–H groups in total. The van der Waals surface area contributed by atoms with Gasteiger partial charge in [-0.2, -0.15) is 0 Å². The maximum Gasteiger partial charge on any atom is 0.276 e. The lowest BCUT2D eigenvalue weighted by molar-refractivity contribution is -0.123. The molecular weight excluding hydrogens is 356 g/mol. The summed E-state index contributed by atoms with van der Waals surface area (Å²) in [6.45, 7) is 3.41. The highest BCUT2D eigenvalue weighted by molar-refractivity contribution is 6.30. The lowest BCUT2D eigenvalue weighted by atomic mass is 10.1. The highest BCUT2D eigenvalue weighted by Gasteiger charge is 2.10. The topological polar surface area (TPSA) is 76.7 Å². The fraction of sp³-hybridized carbons (Fsp3) is 0.158. The molecule has 0 aliphatic rings. The van der Waals surface area contributed by atoms with Gasteiger partial charge in [0.05, 0.1) is 7.11 Å². The smallest absolute Gasteiger partial charge is 0.276 e. The molecule has 2 rings (SSSR count). The molecule has 2 aromatic rings. The molecule has 136 valence electrons. The third-order valence-electron chi connectivity index (χ3n) is 3.39. The Bertz CT molecular complexity index is 791. The lowest BCUT2D eigenvalue weighted by Crippen LogP contribution is -2.43. The van der Waals surface area contributed by atoms with Gasteiger partial charge in [-0.25, -0.2) is 0 Å². The van der Waals surface area contributed by atoms with E-state index in [0.29, 0.717) is 28.5 Å². The quantitative estimate of drug-likeness (QED) is 0.577. The van der Waals surface area contributed by atoms with Gasteiger partial charge in [0.15, 0.2) is 18.1 Å². The Morgan fingerprint density at radius 3 is 2.50 bits per heavy atom. The molecule has 0 atom stereocenters. The van der Waals surface area contributed by atoms with Crippen LogP contribution in [0.5, 0.6) is 11.5 Å². The summed E-state index contributed by atoms with van der Waals surface area (Å²) < 4.78 is 10.7. The Balaban J connectivity index is 1.85. The molecule has 0 unspecified atom stereocenters. The van der Waals surface area contributed by atoms with Gasteiger partial charge in [0.25, 0.3) is 11.8 Å². The van der Waals surface area contributed by atoms with Crippen LogP contribution in [0.4, 0.5) is 0 Å². The number of rotatable bonds is 7. The monoisotopic (exact) mass is 374 g/mol. The third-order valence-corrected chi connectivity index (χ3v) is 3.64. The zero-order valence-corrected chi connectivity index (χ0v) is 15.0. The summed E-state index contributed by atoms with van der Waals surface area (Å²) in [5.74, 6) is -0.0206. The molecule has 0 heterocycles. The summed E-state index contributed by atoms with van der Waals surface area (Å²) in [4.78, 5) is 23.7. The molecule has 0 bridgehead atoms. The van der Waals surface area contributed by atoms with Gasteiger partial charge < -0.3 is 9.47 Å². The maximum absolute atomic E-state index is 11.9. The van der Waals surface area contributed by atoms with Gasteiger partial charge in [-0.05, 0) is 48.4 Å². The summed E-state index contributed by atoms with van der Waals surface area (Å²) in [6.07, 6.45) is 2.49. The van der Waals surface area contributed by atoms with E-state index in [-0.39, 0.29) is 6.61 Å². The van der Waals surface area contributed by atoms with Crippen molar-refractivity contribution < 1.29 is 19.1 Å². The zero-order valence-electron chi connectivity index (χ0n) is 14.3. The molecule has 0 radical (unpaired) electrons. The molecule has 26 heavy (non-hydrogen) atoms. The van der Waals surface area contributed by atoms with Crippen LogP contribution < -0.4 is 20.3 Å². The van der Waals surface area contributed by atoms with E-state index in [1.807, 2.05) is 12.1 Å². The van der Waals surface area contributed by atoms with Gasteiger partial charge in [-0.1, -0.05) is 23.7 Å². The maximum atomic E-state index is 11.9. The highest BCUT2D eigenvalue weighted by Crippen LogP contribution is 2.28. The predicted molar refractivity (Wildman–Crippen MR) is 99.5 cm³/mol. The van der Waals surface area contributed by atoms with Gasteiger partial charge in [-0.3, -0.25) is 20.4 Å². The number of hydrazine groups is 1. The second-order valence-corrected chi connectivity index (χ2v) is 5.71. The van der Waals surface area contributed by atoms with E-state index in [4.69, 9.17) is 21.1 Å². The van der Waals surface area contributed by atoms with Gasteiger partial charge in [0, 0.05) is 10.6 Å². The van der Waals surface area contributed by atoms with Crippen LogP contribution in [-0.4, -0.2) is 25.5 Å². The number of halogens is 1. The van der Waals surface area contributed by atoms with Gasteiger partial charge in [0.2, 0.25) is 0 Å². The first-order valence-corrected chi connectivity index (χ1v) is 8.16. The van der Waals surface area contributed by atoms with Crippen LogP contribution in [0, 0.1) is 0 Å². The second-order valence-electron chi connectivity index (χ2n) is 5.28. The van der Waals surface area contributed by atoms with E-state index < -0.39 is 11.8 Å². The first-order chi connectivity index (χ1) is 12.5. The number of hydrogen-bond acceptors (Lipinski definition) is 4. The van der Waals surface area contributed by atoms with Crippen molar-refractivity contribution >= 4 is 23.4 Å². The highest BCUT2D eigenvalue weighted by atomic mass is 35.5. The van der Waals surface area contributed by atoms with E-state index in [9.17, 15) is 9.59 Å². The molecule has 0 aliphatic heterocycles. The fourth-order valence-corrected chi connectivity index (χ4v) is 2.23. The molecule has 2 amide bonds. The van der Waals surface area contributed by atoms with Crippen molar-refractivity contribution in [3.8, 4) is 11.5 Å². The average molecular weight is 375 g/mol. The Morgan fingerprint density at radius 2 is 1.85 bits per heavy atom. The number of amides is 2. The van der Waals surface area contributed by atoms with Gasteiger partial charge in [0.1, 0.15) is 0 Å². The number of methoxy groups -OCH3 is 1. The van der Waals surface area contributed by atoms with Crippen LogP contribution >= 0.6 is 11.6 Å². The summed E-state index contributed by atoms with van der Waals surface area (Å²) in [5.41, 5.74) is 5.98. The summed E-state index contributed by atoms with van der Waals surface area (Å²) in [7, 11) is 1.52. The second kappa shape index (κ2) is 9.48. The van der Waals surface area contributed by atoms with Crippen LogP contribution in [0.1, 0.15) is 15.9 Å². The zero-order chi connectivity index (χ0) is 18.9.